The Kier molecular flexibility index (Phi) is 6.29. The van der Waals surface area contributed by atoms with Crippen LogP contribution in [0.3, 0.4) is 0 Å². The van der Waals surface area contributed by atoms with Gasteiger partial charge in [-0.3, -0.25) is 14.9 Å². The molecule has 7 nitrogen and oxygen atoms in total. The Morgan fingerprint density at radius 3 is 2.45 bits per heavy atom. The molecule has 1 unspecified atom stereocenters. The average Bonchev–Trinajstić information content (AvgIpc) is 3.23. The summed E-state index contributed by atoms with van der Waals surface area (Å²) in [7, 11) is 1.61. The normalized spacial score (nSPS) is 11.7. The van der Waals surface area contributed by atoms with Crippen molar-refractivity contribution in [3.05, 3.63) is 93.7 Å². The lowest BCUT2D eigenvalue weighted by molar-refractivity contribution is -0.402. The lowest BCUT2D eigenvalue weighted by atomic mass is 10.0. The number of rotatable bonds is 8. The smallest absolute Gasteiger partial charge is 0.433 e. The molecule has 1 aromatic heterocycles. The second-order valence-corrected chi connectivity index (χ2v) is 6.68. The first-order chi connectivity index (χ1) is 14.0. The standard InChI is InChI=1S/C22H22N2O5/c1-16(14-18-10-6-7-11-19(18)28-2)23(15-17-8-4-3-5-9-17)22(25)20-12-13-21(29-20)24(26)27/h3-13,16H,14-15H2,1-2H3. The molecule has 150 valence electrons. The number of nitrogens with zero attached hydrogens (tertiary/aromatic N) is 2. The van der Waals surface area contributed by atoms with Gasteiger partial charge in [0.05, 0.1) is 13.2 Å². The number of hydrogen-bond donors (Lipinski definition) is 0. The highest BCUT2D eigenvalue weighted by Gasteiger charge is 2.27. The van der Waals surface area contributed by atoms with Crippen LogP contribution in [0.4, 0.5) is 5.88 Å². The molecule has 29 heavy (non-hydrogen) atoms. The number of methoxy groups -OCH3 is 1. The molecule has 0 radical (unpaired) electrons. The van der Waals surface area contributed by atoms with Gasteiger partial charge in [0.1, 0.15) is 10.7 Å². The summed E-state index contributed by atoms with van der Waals surface area (Å²) in [5.41, 5.74) is 1.92. The second-order valence-electron chi connectivity index (χ2n) is 6.68. The molecule has 0 aliphatic carbocycles. The quantitative estimate of drug-likeness (QED) is 0.416. The Morgan fingerprint density at radius 2 is 1.79 bits per heavy atom. The van der Waals surface area contributed by atoms with Gasteiger partial charge in [-0.1, -0.05) is 48.5 Å². The predicted molar refractivity (Wildman–Crippen MR) is 108 cm³/mol. The van der Waals surface area contributed by atoms with Crippen LogP contribution in [0.25, 0.3) is 0 Å². The lowest BCUT2D eigenvalue weighted by Gasteiger charge is -2.29. The summed E-state index contributed by atoms with van der Waals surface area (Å²) in [6, 6.07) is 19.5. The van der Waals surface area contributed by atoms with Crippen molar-refractivity contribution in [2.75, 3.05) is 7.11 Å². The SMILES string of the molecule is COc1ccccc1CC(C)N(Cc1ccccc1)C(=O)c1ccc([N+](=O)[O-])o1. The molecule has 1 atom stereocenters. The molecule has 0 bridgehead atoms. The van der Waals surface area contributed by atoms with Gasteiger partial charge in [0.15, 0.2) is 5.76 Å². The van der Waals surface area contributed by atoms with Crippen LogP contribution in [0.5, 0.6) is 5.75 Å². The maximum atomic E-state index is 13.1. The van der Waals surface area contributed by atoms with Crippen molar-refractivity contribution in [3.63, 3.8) is 0 Å². The van der Waals surface area contributed by atoms with Crippen molar-refractivity contribution >= 4 is 11.8 Å². The third-order valence-electron chi connectivity index (χ3n) is 4.68. The van der Waals surface area contributed by atoms with Gasteiger partial charge < -0.3 is 14.1 Å². The van der Waals surface area contributed by atoms with Crippen LogP contribution in [0.1, 0.15) is 28.6 Å². The van der Waals surface area contributed by atoms with Crippen molar-refractivity contribution in [3.8, 4) is 5.75 Å². The van der Waals surface area contributed by atoms with Crippen molar-refractivity contribution < 1.29 is 18.9 Å². The van der Waals surface area contributed by atoms with Crippen LogP contribution in [0, 0.1) is 10.1 Å². The van der Waals surface area contributed by atoms with Gasteiger partial charge in [-0.2, -0.15) is 0 Å². The minimum absolute atomic E-state index is 0.0560. The van der Waals surface area contributed by atoms with Gasteiger partial charge in [-0.05, 0) is 36.6 Å². The first-order valence-corrected chi connectivity index (χ1v) is 9.20. The van der Waals surface area contributed by atoms with Gasteiger partial charge in [-0.15, -0.1) is 0 Å². The van der Waals surface area contributed by atoms with Crippen LogP contribution >= 0.6 is 0 Å². The summed E-state index contributed by atoms with van der Waals surface area (Å²) in [5.74, 6) is -0.158. The van der Waals surface area contributed by atoms with E-state index in [1.165, 1.54) is 12.1 Å². The monoisotopic (exact) mass is 394 g/mol. The van der Waals surface area contributed by atoms with Gasteiger partial charge in [0, 0.05) is 12.6 Å². The number of carbonyl (C=O) groups excluding carboxylic acids is 1. The molecule has 1 heterocycles. The van der Waals surface area contributed by atoms with Crippen LogP contribution in [0.2, 0.25) is 0 Å². The number of ether oxygens (including phenoxy) is 1. The van der Waals surface area contributed by atoms with Crippen LogP contribution in [-0.2, 0) is 13.0 Å². The molecular weight excluding hydrogens is 372 g/mol. The highest BCUT2D eigenvalue weighted by molar-refractivity contribution is 5.92. The Hall–Kier alpha value is -3.61. The van der Waals surface area contributed by atoms with Crippen LogP contribution in [-0.4, -0.2) is 28.9 Å². The zero-order valence-electron chi connectivity index (χ0n) is 16.3. The zero-order chi connectivity index (χ0) is 20.8. The van der Waals surface area contributed by atoms with Crippen LogP contribution < -0.4 is 4.74 Å². The van der Waals surface area contributed by atoms with Crippen molar-refractivity contribution in [1.29, 1.82) is 0 Å². The number of hydrogen-bond acceptors (Lipinski definition) is 5. The summed E-state index contributed by atoms with van der Waals surface area (Å²) >= 11 is 0. The fourth-order valence-corrected chi connectivity index (χ4v) is 3.19. The number of nitro groups is 1. The van der Waals surface area contributed by atoms with Gasteiger partial charge in [0.2, 0.25) is 0 Å². The van der Waals surface area contributed by atoms with E-state index in [4.69, 9.17) is 9.15 Å². The van der Waals surface area contributed by atoms with E-state index < -0.39 is 16.7 Å². The van der Waals surface area contributed by atoms with Gasteiger partial charge in [-0.25, -0.2) is 0 Å². The number of carbonyl (C=O) groups is 1. The lowest BCUT2D eigenvalue weighted by Crippen LogP contribution is -2.39. The maximum absolute atomic E-state index is 13.1. The Morgan fingerprint density at radius 1 is 1.10 bits per heavy atom. The Labute approximate surface area is 168 Å². The Balaban J connectivity index is 1.89. The fraction of sp³-hybridized carbons (Fsp3) is 0.227. The molecule has 3 rings (SSSR count). The van der Waals surface area contributed by atoms with Crippen molar-refractivity contribution in [1.82, 2.24) is 4.90 Å². The molecule has 0 aliphatic rings. The van der Waals surface area contributed by atoms with Crippen molar-refractivity contribution in [2.24, 2.45) is 0 Å². The predicted octanol–water partition coefficient (Wildman–Crippen LogP) is 4.47. The molecule has 0 N–H and O–H groups in total. The minimum atomic E-state index is -0.656. The van der Waals surface area contributed by atoms with E-state index in [-0.39, 0.29) is 11.8 Å². The molecule has 0 aliphatic heterocycles. The van der Waals surface area contributed by atoms with E-state index in [1.807, 2.05) is 61.5 Å². The van der Waals surface area contributed by atoms with E-state index in [2.05, 4.69) is 0 Å². The van der Waals surface area contributed by atoms with E-state index in [0.717, 1.165) is 16.9 Å². The molecule has 0 fully saturated rings. The highest BCUT2D eigenvalue weighted by Crippen LogP contribution is 2.24. The number of benzene rings is 2. The largest absolute Gasteiger partial charge is 0.496 e. The molecule has 0 saturated carbocycles. The van der Waals surface area contributed by atoms with E-state index in [1.54, 1.807) is 12.0 Å². The minimum Gasteiger partial charge on any atom is -0.496 e. The van der Waals surface area contributed by atoms with Crippen LogP contribution in [0.15, 0.2) is 71.1 Å². The van der Waals surface area contributed by atoms with E-state index in [0.29, 0.717) is 13.0 Å². The highest BCUT2D eigenvalue weighted by atomic mass is 16.6. The topological polar surface area (TPSA) is 85.8 Å². The maximum Gasteiger partial charge on any atom is 0.433 e. The molecular formula is C22H22N2O5. The first kappa shape index (κ1) is 20.1. The molecule has 0 saturated heterocycles. The number of para-hydroxylation sites is 1. The zero-order valence-corrected chi connectivity index (χ0v) is 16.3. The number of amides is 1. The molecule has 2 aromatic carbocycles. The molecule has 0 spiro atoms. The number of furan rings is 1. The van der Waals surface area contributed by atoms with Gasteiger partial charge >= 0.3 is 5.88 Å². The third-order valence-corrected chi connectivity index (χ3v) is 4.68. The molecule has 1 amide bonds. The summed E-state index contributed by atoms with van der Waals surface area (Å²) in [6.07, 6.45) is 0.561. The third kappa shape index (κ3) is 4.82. The summed E-state index contributed by atoms with van der Waals surface area (Å²) < 4.78 is 10.6. The van der Waals surface area contributed by atoms with Crippen molar-refractivity contribution in [2.45, 2.75) is 25.9 Å². The Bertz CT molecular complexity index is 984. The average molecular weight is 394 g/mol. The summed E-state index contributed by atoms with van der Waals surface area (Å²) in [4.78, 5) is 25.1. The summed E-state index contributed by atoms with van der Waals surface area (Å²) in [6.45, 7) is 2.29. The van der Waals surface area contributed by atoms with E-state index >= 15 is 0 Å². The fourth-order valence-electron chi connectivity index (χ4n) is 3.19. The van der Waals surface area contributed by atoms with Gasteiger partial charge in [0.25, 0.3) is 5.91 Å². The molecule has 3 aromatic rings. The first-order valence-electron chi connectivity index (χ1n) is 9.20. The molecule has 7 heteroatoms. The second kappa shape index (κ2) is 9.05. The van der Waals surface area contributed by atoms with E-state index in [9.17, 15) is 14.9 Å². The summed E-state index contributed by atoms with van der Waals surface area (Å²) in [5, 5.41) is 10.9.